The monoisotopic (exact) mass is 460 g/mol. The third kappa shape index (κ3) is 4.84. The molecular formula is C25H22F2N6O. The molecule has 0 bridgehead atoms. The first-order valence-corrected chi connectivity index (χ1v) is 11.0. The van der Waals surface area contributed by atoms with Crippen LogP contribution in [-0.4, -0.2) is 45.9 Å². The summed E-state index contributed by atoms with van der Waals surface area (Å²) in [6.45, 7) is 3.79. The fourth-order valence-corrected chi connectivity index (χ4v) is 3.96. The molecule has 0 spiro atoms. The van der Waals surface area contributed by atoms with Crippen molar-refractivity contribution < 1.29 is 8.78 Å². The maximum Gasteiger partial charge on any atom is 0.267 e. The number of piperazine rings is 1. The van der Waals surface area contributed by atoms with Gasteiger partial charge in [-0.3, -0.25) is 4.79 Å². The highest BCUT2D eigenvalue weighted by Gasteiger charge is 2.13. The van der Waals surface area contributed by atoms with E-state index in [1.807, 2.05) is 30.3 Å². The molecule has 0 atom stereocenters. The molecule has 1 aliphatic rings. The highest BCUT2D eigenvalue weighted by molar-refractivity contribution is 5.59. The van der Waals surface area contributed by atoms with E-state index in [1.165, 1.54) is 28.9 Å². The van der Waals surface area contributed by atoms with Crippen molar-refractivity contribution >= 4 is 5.82 Å². The molecule has 172 valence electrons. The second-order valence-electron chi connectivity index (χ2n) is 8.05. The molecule has 0 aliphatic carbocycles. The quantitative estimate of drug-likeness (QED) is 0.493. The Morgan fingerprint density at radius 2 is 1.71 bits per heavy atom. The van der Waals surface area contributed by atoms with E-state index in [2.05, 4.69) is 20.3 Å². The van der Waals surface area contributed by atoms with Crippen LogP contribution in [0.5, 0.6) is 0 Å². The zero-order chi connectivity index (χ0) is 23.5. The first-order valence-electron chi connectivity index (χ1n) is 11.0. The average molecular weight is 460 g/mol. The molecule has 1 N–H and O–H groups in total. The molecule has 0 unspecified atom stereocenters. The summed E-state index contributed by atoms with van der Waals surface area (Å²) in [5.74, 6) is 0.0718. The Balaban J connectivity index is 1.42. The van der Waals surface area contributed by atoms with Crippen LogP contribution < -0.4 is 15.8 Å². The summed E-state index contributed by atoms with van der Waals surface area (Å²) in [4.78, 5) is 23.8. The van der Waals surface area contributed by atoms with Gasteiger partial charge in [-0.1, -0.05) is 18.2 Å². The molecular weight excluding hydrogens is 438 g/mol. The summed E-state index contributed by atoms with van der Waals surface area (Å²) in [6, 6.07) is 15.5. The zero-order valence-electron chi connectivity index (χ0n) is 18.3. The SMILES string of the molecule is O=c1ccc(-c2cc(F)cc(F)c2)nn1Cc1cccc(-c2nccc(N3CCNCC3)n2)c1. The van der Waals surface area contributed by atoms with Crippen molar-refractivity contribution in [2.45, 2.75) is 6.54 Å². The second kappa shape index (κ2) is 9.48. The maximum atomic E-state index is 13.6. The molecule has 7 nitrogen and oxygen atoms in total. The Kier molecular flexibility index (Phi) is 6.09. The molecule has 9 heteroatoms. The molecule has 0 saturated carbocycles. The van der Waals surface area contributed by atoms with E-state index in [-0.39, 0.29) is 17.7 Å². The summed E-state index contributed by atoms with van der Waals surface area (Å²) in [7, 11) is 0. The summed E-state index contributed by atoms with van der Waals surface area (Å²) in [5, 5.41) is 7.65. The number of hydrogen-bond donors (Lipinski definition) is 1. The normalized spacial score (nSPS) is 13.8. The van der Waals surface area contributed by atoms with Crippen molar-refractivity contribution in [2.75, 3.05) is 31.1 Å². The smallest absolute Gasteiger partial charge is 0.267 e. The minimum atomic E-state index is -0.703. The van der Waals surface area contributed by atoms with Gasteiger partial charge in [-0.15, -0.1) is 0 Å². The zero-order valence-corrected chi connectivity index (χ0v) is 18.3. The van der Waals surface area contributed by atoms with E-state index < -0.39 is 11.6 Å². The predicted molar refractivity (Wildman–Crippen MR) is 126 cm³/mol. The molecule has 34 heavy (non-hydrogen) atoms. The average Bonchev–Trinajstić information content (AvgIpc) is 2.86. The van der Waals surface area contributed by atoms with Crippen molar-refractivity contribution in [3.05, 3.63) is 94.4 Å². The first kappa shape index (κ1) is 21.8. The van der Waals surface area contributed by atoms with Crippen LogP contribution in [0.3, 0.4) is 0 Å². The molecule has 4 aromatic rings. The van der Waals surface area contributed by atoms with E-state index in [4.69, 9.17) is 4.98 Å². The highest BCUT2D eigenvalue weighted by Crippen LogP contribution is 2.21. The number of nitrogens with one attached hydrogen (secondary N) is 1. The summed E-state index contributed by atoms with van der Waals surface area (Å²) < 4.78 is 28.6. The van der Waals surface area contributed by atoms with Crippen molar-refractivity contribution in [2.24, 2.45) is 0 Å². The fraction of sp³-hybridized carbons (Fsp3) is 0.200. The molecule has 2 aromatic carbocycles. The molecule has 1 saturated heterocycles. The van der Waals surface area contributed by atoms with Gasteiger partial charge in [0.05, 0.1) is 12.2 Å². The minimum Gasteiger partial charge on any atom is -0.354 e. The lowest BCUT2D eigenvalue weighted by Crippen LogP contribution is -2.43. The predicted octanol–water partition coefficient (Wildman–Crippen LogP) is 3.10. The molecule has 5 rings (SSSR count). The van der Waals surface area contributed by atoms with Crippen molar-refractivity contribution in [3.63, 3.8) is 0 Å². The molecule has 0 radical (unpaired) electrons. The van der Waals surface area contributed by atoms with Crippen LogP contribution in [0.25, 0.3) is 22.6 Å². The van der Waals surface area contributed by atoms with E-state index in [1.54, 1.807) is 6.20 Å². The van der Waals surface area contributed by atoms with E-state index >= 15 is 0 Å². The van der Waals surface area contributed by atoms with Gasteiger partial charge >= 0.3 is 0 Å². The number of halogens is 2. The van der Waals surface area contributed by atoms with Gasteiger partial charge in [-0.25, -0.2) is 23.4 Å². The lowest BCUT2D eigenvalue weighted by atomic mass is 10.1. The molecule has 1 fully saturated rings. The number of nitrogens with zero attached hydrogens (tertiary/aromatic N) is 5. The van der Waals surface area contributed by atoms with Gasteiger partial charge in [0.2, 0.25) is 0 Å². The van der Waals surface area contributed by atoms with Crippen LogP contribution in [0.15, 0.2) is 71.7 Å². The summed E-state index contributed by atoms with van der Waals surface area (Å²) >= 11 is 0. The minimum absolute atomic E-state index is 0.190. The largest absolute Gasteiger partial charge is 0.354 e. The number of hydrogen-bond acceptors (Lipinski definition) is 6. The third-order valence-corrected chi connectivity index (χ3v) is 5.62. The van der Waals surface area contributed by atoms with Gasteiger partial charge in [0.1, 0.15) is 17.5 Å². The van der Waals surface area contributed by atoms with Crippen molar-refractivity contribution in [3.8, 4) is 22.6 Å². The molecule has 2 aromatic heterocycles. The Bertz CT molecular complexity index is 1360. The van der Waals surface area contributed by atoms with Crippen molar-refractivity contribution in [1.29, 1.82) is 0 Å². The van der Waals surface area contributed by atoms with Crippen LogP contribution in [0.4, 0.5) is 14.6 Å². The van der Waals surface area contributed by atoms with Gasteiger partial charge in [0, 0.05) is 55.6 Å². The number of aromatic nitrogens is 4. The Morgan fingerprint density at radius 3 is 2.50 bits per heavy atom. The Hall–Kier alpha value is -3.98. The number of anilines is 1. The second-order valence-corrected chi connectivity index (χ2v) is 8.05. The fourth-order valence-electron chi connectivity index (χ4n) is 3.96. The van der Waals surface area contributed by atoms with Gasteiger partial charge in [-0.2, -0.15) is 5.10 Å². The van der Waals surface area contributed by atoms with Crippen LogP contribution in [0, 0.1) is 11.6 Å². The van der Waals surface area contributed by atoms with Gasteiger partial charge in [0.25, 0.3) is 5.56 Å². The van der Waals surface area contributed by atoms with E-state index in [0.29, 0.717) is 11.5 Å². The van der Waals surface area contributed by atoms with E-state index in [9.17, 15) is 13.6 Å². The van der Waals surface area contributed by atoms with Crippen LogP contribution in [0.2, 0.25) is 0 Å². The molecule has 3 heterocycles. The maximum absolute atomic E-state index is 13.6. The number of benzene rings is 2. The van der Waals surface area contributed by atoms with Gasteiger partial charge < -0.3 is 10.2 Å². The van der Waals surface area contributed by atoms with Crippen LogP contribution >= 0.6 is 0 Å². The summed E-state index contributed by atoms with van der Waals surface area (Å²) in [6.07, 6.45) is 1.75. The summed E-state index contributed by atoms with van der Waals surface area (Å²) in [5.41, 5.74) is 1.90. The van der Waals surface area contributed by atoms with Crippen LogP contribution in [-0.2, 0) is 6.54 Å². The van der Waals surface area contributed by atoms with Gasteiger partial charge in [-0.05, 0) is 35.9 Å². The number of rotatable bonds is 5. The lowest BCUT2D eigenvalue weighted by molar-refractivity contribution is 0.583. The lowest BCUT2D eigenvalue weighted by Gasteiger charge is -2.28. The molecule has 0 amide bonds. The topological polar surface area (TPSA) is 75.9 Å². The Morgan fingerprint density at radius 1 is 0.912 bits per heavy atom. The van der Waals surface area contributed by atoms with Gasteiger partial charge in [0.15, 0.2) is 5.82 Å². The molecule has 1 aliphatic heterocycles. The van der Waals surface area contributed by atoms with Crippen LogP contribution in [0.1, 0.15) is 5.56 Å². The van der Waals surface area contributed by atoms with Crippen molar-refractivity contribution in [1.82, 2.24) is 25.1 Å². The standard InChI is InChI=1S/C25H22F2N6O/c26-20-13-19(14-21(27)15-20)22-4-5-24(34)33(31-22)16-17-2-1-3-18(12-17)25-29-7-6-23(30-25)32-10-8-28-9-11-32/h1-7,12-15,28H,8-11,16H2. The first-order chi connectivity index (χ1) is 16.5. The van der Waals surface area contributed by atoms with E-state index in [0.717, 1.165) is 49.2 Å². The highest BCUT2D eigenvalue weighted by atomic mass is 19.1. The Labute approximate surface area is 194 Å². The third-order valence-electron chi connectivity index (χ3n) is 5.62.